The van der Waals surface area contributed by atoms with Gasteiger partial charge in [-0.15, -0.1) is 0 Å². The molecule has 7 nitrogen and oxygen atoms in total. The molecule has 186 valence electrons. The Morgan fingerprint density at radius 1 is 0.919 bits per heavy atom. The quantitative estimate of drug-likeness (QED) is 0.331. The minimum atomic E-state index is -0.353. The fourth-order valence-corrected chi connectivity index (χ4v) is 5.15. The molecule has 0 radical (unpaired) electrons. The van der Waals surface area contributed by atoms with Gasteiger partial charge < -0.3 is 23.5 Å². The van der Waals surface area contributed by atoms with Crippen molar-refractivity contribution in [2.75, 3.05) is 27.4 Å². The molecule has 1 unspecified atom stereocenters. The lowest BCUT2D eigenvalue weighted by molar-refractivity contribution is -0.135. The van der Waals surface area contributed by atoms with E-state index in [0.717, 1.165) is 33.4 Å². The number of methoxy groups -OCH3 is 2. The monoisotopic (exact) mass is 493 g/mol. The average molecular weight is 494 g/mol. The zero-order chi connectivity index (χ0) is 25.4. The first kappa shape index (κ1) is 22.9. The van der Waals surface area contributed by atoms with E-state index in [0.29, 0.717) is 30.2 Å². The Labute approximate surface area is 214 Å². The topological polar surface area (TPSA) is 65.3 Å². The van der Waals surface area contributed by atoms with Crippen molar-refractivity contribution in [2.24, 2.45) is 0 Å². The van der Waals surface area contributed by atoms with Crippen molar-refractivity contribution in [1.29, 1.82) is 0 Å². The Balaban J connectivity index is 1.36. The largest absolute Gasteiger partial charge is 0.493 e. The molecule has 3 aromatic carbocycles. The van der Waals surface area contributed by atoms with E-state index >= 15 is 0 Å². The number of amides is 1. The average Bonchev–Trinajstić information content (AvgIpc) is 3.33. The molecule has 0 aliphatic carbocycles. The second-order valence-corrected chi connectivity index (χ2v) is 9.02. The highest BCUT2D eigenvalue weighted by atomic mass is 16.5. The highest BCUT2D eigenvalue weighted by molar-refractivity contribution is 5.84. The van der Waals surface area contributed by atoms with Gasteiger partial charge in [0.1, 0.15) is 11.4 Å². The van der Waals surface area contributed by atoms with Crippen LogP contribution in [-0.4, -0.2) is 47.6 Å². The van der Waals surface area contributed by atoms with Gasteiger partial charge in [0.05, 0.1) is 31.6 Å². The number of rotatable bonds is 6. The zero-order valence-electron chi connectivity index (χ0n) is 20.8. The second kappa shape index (κ2) is 9.50. The van der Waals surface area contributed by atoms with E-state index in [-0.39, 0.29) is 18.6 Å². The summed E-state index contributed by atoms with van der Waals surface area (Å²) in [6, 6.07) is 25.3. The highest BCUT2D eigenvalue weighted by Gasteiger charge is 2.36. The standard InChI is InChI=1S/C30H27N3O4/c1-35-25-13-11-22(18-26(25)36-2)29-30-24(31-27-9-5-6-15-32(27)30)14-16-33(29)28(34)19-37-23-12-10-20-7-3-4-8-21(20)17-23/h3-13,15,17-18,29H,14,16,19H2,1-2H3. The molecule has 6 rings (SSSR count). The van der Waals surface area contributed by atoms with Crippen LogP contribution in [0, 0.1) is 0 Å². The molecule has 0 saturated heterocycles. The summed E-state index contributed by atoms with van der Waals surface area (Å²) in [6.07, 6.45) is 2.66. The number of fused-ring (bicyclic) bond motifs is 4. The predicted octanol–water partition coefficient (Wildman–Crippen LogP) is 5.06. The summed E-state index contributed by atoms with van der Waals surface area (Å²) in [5, 5.41) is 2.20. The van der Waals surface area contributed by atoms with Crippen LogP contribution in [0.5, 0.6) is 17.2 Å². The third-order valence-corrected chi connectivity index (χ3v) is 6.93. The van der Waals surface area contributed by atoms with Crippen molar-refractivity contribution in [2.45, 2.75) is 12.5 Å². The molecule has 1 atom stereocenters. The normalized spacial score (nSPS) is 15.0. The van der Waals surface area contributed by atoms with Crippen LogP contribution in [0.15, 0.2) is 85.1 Å². The van der Waals surface area contributed by atoms with Crippen LogP contribution < -0.4 is 14.2 Å². The van der Waals surface area contributed by atoms with Gasteiger partial charge in [-0.2, -0.15) is 0 Å². The smallest absolute Gasteiger partial charge is 0.261 e. The molecule has 5 aromatic rings. The number of pyridine rings is 1. The minimum Gasteiger partial charge on any atom is -0.493 e. The Morgan fingerprint density at radius 2 is 1.73 bits per heavy atom. The number of nitrogens with zero attached hydrogens (tertiary/aromatic N) is 3. The van der Waals surface area contributed by atoms with Gasteiger partial charge in [0.2, 0.25) is 0 Å². The van der Waals surface area contributed by atoms with Gasteiger partial charge in [-0.1, -0.05) is 42.5 Å². The number of aromatic nitrogens is 2. The molecular formula is C30H27N3O4. The van der Waals surface area contributed by atoms with Gasteiger partial charge in [-0.3, -0.25) is 4.79 Å². The van der Waals surface area contributed by atoms with E-state index < -0.39 is 0 Å². The number of hydrogen-bond donors (Lipinski definition) is 0. The number of carbonyl (C=O) groups is 1. The minimum absolute atomic E-state index is 0.0613. The molecule has 7 heteroatoms. The third kappa shape index (κ3) is 4.12. The lowest BCUT2D eigenvalue weighted by Gasteiger charge is -2.36. The van der Waals surface area contributed by atoms with E-state index in [1.165, 1.54) is 0 Å². The van der Waals surface area contributed by atoms with E-state index in [1.54, 1.807) is 14.2 Å². The number of benzene rings is 3. The maximum Gasteiger partial charge on any atom is 0.261 e. The Hall–Kier alpha value is -4.52. The summed E-state index contributed by atoms with van der Waals surface area (Å²) in [7, 11) is 3.23. The van der Waals surface area contributed by atoms with Crippen molar-refractivity contribution in [3.8, 4) is 17.2 Å². The summed E-state index contributed by atoms with van der Waals surface area (Å²) in [6.45, 7) is 0.476. The highest BCUT2D eigenvalue weighted by Crippen LogP contribution is 2.39. The van der Waals surface area contributed by atoms with Crippen molar-refractivity contribution in [1.82, 2.24) is 14.3 Å². The maximum absolute atomic E-state index is 13.7. The molecule has 1 amide bonds. The molecule has 37 heavy (non-hydrogen) atoms. The first-order chi connectivity index (χ1) is 18.2. The van der Waals surface area contributed by atoms with Crippen molar-refractivity contribution in [3.05, 3.63) is 102 Å². The van der Waals surface area contributed by atoms with E-state index in [4.69, 9.17) is 19.2 Å². The third-order valence-electron chi connectivity index (χ3n) is 6.93. The van der Waals surface area contributed by atoms with E-state index in [2.05, 4.69) is 10.5 Å². The van der Waals surface area contributed by atoms with Crippen LogP contribution in [0.1, 0.15) is 23.0 Å². The van der Waals surface area contributed by atoms with Crippen LogP contribution in [0.4, 0.5) is 0 Å². The summed E-state index contributed by atoms with van der Waals surface area (Å²) in [5.41, 5.74) is 3.75. The molecule has 3 heterocycles. The van der Waals surface area contributed by atoms with Crippen LogP contribution in [0.2, 0.25) is 0 Å². The molecule has 1 aliphatic heterocycles. The fraction of sp³-hybridized carbons (Fsp3) is 0.200. The zero-order valence-corrected chi connectivity index (χ0v) is 20.8. The van der Waals surface area contributed by atoms with Gasteiger partial charge >= 0.3 is 0 Å². The molecular weight excluding hydrogens is 466 g/mol. The van der Waals surface area contributed by atoms with Gasteiger partial charge in [0.15, 0.2) is 18.1 Å². The second-order valence-electron chi connectivity index (χ2n) is 9.02. The molecule has 2 aromatic heterocycles. The fourth-order valence-electron chi connectivity index (χ4n) is 5.15. The van der Waals surface area contributed by atoms with E-state index in [9.17, 15) is 4.79 Å². The van der Waals surface area contributed by atoms with Crippen LogP contribution in [0.3, 0.4) is 0 Å². The molecule has 0 saturated carbocycles. The lowest BCUT2D eigenvalue weighted by Crippen LogP contribution is -2.43. The Kier molecular flexibility index (Phi) is 5.88. The summed E-state index contributed by atoms with van der Waals surface area (Å²) in [5.74, 6) is 1.82. The molecule has 0 fully saturated rings. The van der Waals surface area contributed by atoms with Crippen LogP contribution in [0.25, 0.3) is 16.4 Å². The maximum atomic E-state index is 13.7. The van der Waals surface area contributed by atoms with Gasteiger partial charge in [0.25, 0.3) is 5.91 Å². The summed E-state index contributed by atoms with van der Waals surface area (Å²) in [4.78, 5) is 20.4. The van der Waals surface area contributed by atoms with Gasteiger partial charge in [-0.05, 0) is 52.7 Å². The van der Waals surface area contributed by atoms with Crippen LogP contribution in [-0.2, 0) is 11.2 Å². The Morgan fingerprint density at radius 3 is 2.57 bits per heavy atom. The van der Waals surface area contributed by atoms with Crippen LogP contribution >= 0.6 is 0 Å². The molecule has 0 bridgehead atoms. The van der Waals surface area contributed by atoms with Crippen molar-refractivity contribution >= 4 is 22.3 Å². The number of carbonyl (C=O) groups excluding carboxylic acids is 1. The van der Waals surface area contributed by atoms with Crippen molar-refractivity contribution < 1.29 is 19.0 Å². The predicted molar refractivity (Wildman–Crippen MR) is 141 cm³/mol. The van der Waals surface area contributed by atoms with Crippen molar-refractivity contribution in [3.63, 3.8) is 0 Å². The summed E-state index contributed by atoms with van der Waals surface area (Å²) < 4.78 is 19.1. The summed E-state index contributed by atoms with van der Waals surface area (Å²) >= 11 is 0. The number of imidazole rings is 1. The van der Waals surface area contributed by atoms with Gasteiger partial charge in [-0.25, -0.2) is 4.98 Å². The molecule has 0 spiro atoms. The number of ether oxygens (including phenoxy) is 3. The van der Waals surface area contributed by atoms with Gasteiger partial charge in [0, 0.05) is 19.2 Å². The lowest BCUT2D eigenvalue weighted by atomic mass is 9.95. The number of hydrogen-bond acceptors (Lipinski definition) is 5. The molecule has 0 N–H and O–H groups in total. The van der Waals surface area contributed by atoms with E-state index in [1.807, 2.05) is 83.9 Å². The molecule has 1 aliphatic rings. The Bertz CT molecular complexity index is 1610. The first-order valence-corrected chi connectivity index (χ1v) is 12.2. The SMILES string of the molecule is COc1ccc(C2c3c(nc4ccccn34)CCN2C(=O)COc2ccc3ccccc3c2)cc1OC. The first-order valence-electron chi connectivity index (χ1n) is 12.2.